The highest BCUT2D eigenvalue weighted by Gasteiger charge is 2.41. The Morgan fingerprint density at radius 2 is 1.65 bits per heavy atom. The fourth-order valence-corrected chi connectivity index (χ4v) is 4.49. The minimum Gasteiger partial charge on any atom is -0.321 e. The second-order valence-electron chi connectivity index (χ2n) is 9.08. The minimum atomic E-state index is -5.05. The predicted molar refractivity (Wildman–Crippen MR) is 119 cm³/mol. The van der Waals surface area contributed by atoms with Crippen molar-refractivity contribution in [2.24, 2.45) is 0 Å². The van der Waals surface area contributed by atoms with Gasteiger partial charge in [-0.25, -0.2) is 9.18 Å². The first-order valence-corrected chi connectivity index (χ1v) is 11.2. The Kier molecular flexibility index (Phi) is 7.75. The molecule has 0 N–H and O–H groups in total. The monoisotopic (exact) mass is 535 g/mol. The van der Waals surface area contributed by atoms with Gasteiger partial charge in [-0.2, -0.15) is 26.3 Å². The van der Waals surface area contributed by atoms with Gasteiger partial charge in [0, 0.05) is 31.4 Å². The Morgan fingerprint density at radius 1 is 1.08 bits per heavy atom. The predicted octanol–water partition coefficient (Wildman–Crippen LogP) is 6.77. The van der Waals surface area contributed by atoms with Crippen LogP contribution >= 0.6 is 0 Å². The zero-order chi connectivity index (χ0) is 27.9. The Labute approximate surface area is 207 Å². The fraction of sp³-hybridized carbons (Fsp3) is 0.458. The number of rotatable bonds is 4. The molecule has 1 aliphatic heterocycles. The summed E-state index contributed by atoms with van der Waals surface area (Å²) >= 11 is 0. The van der Waals surface area contributed by atoms with E-state index in [0.29, 0.717) is 23.3 Å². The first-order valence-electron chi connectivity index (χ1n) is 11.2. The molecule has 3 rings (SSSR count). The number of alkyl halides is 6. The van der Waals surface area contributed by atoms with E-state index in [-0.39, 0.29) is 31.0 Å². The van der Waals surface area contributed by atoms with Gasteiger partial charge < -0.3 is 9.80 Å². The highest BCUT2D eigenvalue weighted by Crippen LogP contribution is 2.39. The summed E-state index contributed by atoms with van der Waals surface area (Å²) in [7, 11) is 1.23. The van der Waals surface area contributed by atoms with Crippen LogP contribution < -0.4 is 0 Å². The molecule has 1 unspecified atom stereocenters. The second-order valence-corrected chi connectivity index (χ2v) is 9.08. The molecule has 37 heavy (non-hydrogen) atoms. The normalized spacial score (nSPS) is 19.5. The first-order chi connectivity index (χ1) is 17.0. The maximum absolute atomic E-state index is 13.7. The van der Waals surface area contributed by atoms with Gasteiger partial charge in [0.2, 0.25) is 6.04 Å². The number of urea groups is 1. The highest BCUT2D eigenvalue weighted by atomic mass is 19.4. The lowest BCUT2D eigenvalue weighted by Crippen LogP contribution is -2.49. The Balaban J connectivity index is 1.98. The van der Waals surface area contributed by atoms with Crippen LogP contribution in [0.3, 0.4) is 0 Å². The molecule has 1 saturated heterocycles. The first kappa shape index (κ1) is 28.2. The van der Waals surface area contributed by atoms with Crippen molar-refractivity contribution in [1.29, 1.82) is 0 Å². The van der Waals surface area contributed by atoms with E-state index in [1.54, 1.807) is 6.92 Å². The molecule has 0 spiro atoms. The van der Waals surface area contributed by atoms with E-state index in [0.717, 1.165) is 11.0 Å². The molecule has 0 aromatic heterocycles. The molecule has 1 aliphatic rings. The fourth-order valence-electron chi connectivity index (χ4n) is 4.49. The van der Waals surface area contributed by atoms with E-state index < -0.39 is 58.4 Å². The van der Waals surface area contributed by atoms with E-state index in [1.807, 2.05) is 0 Å². The van der Waals surface area contributed by atoms with Crippen molar-refractivity contribution in [3.05, 3.63) is 80.1 Å². The smallest absolute Gasteiger partial charge is 0.321 e. The number of halogens is 7. The summed E-state index contributed by atoms with van der Waals surface area (Å²) in [6.07, 6.45) is -10.2. The third-order valence-electron chi connectivity index (χ3n) is 6.68. The summed E-state index contributed by atoms with van der Waals surface area (Å²) < 4.78 is 93.6. The van der Waals surface area contributed by atoms with Gasteiger partial charge in [-0.15, -0.1) is 0 Å². The molecule has 202 valence electrons. The number of nitro groups is 1. The number of hydrogen-bond donors (Lipinski definition) is 0. The van der Waals surface area contributed by atoms with Crippen LogP contribution in [0.25, 0.3) is 0 Å². The molecule has 0 saturated carbocycles. The van der Waals surface area contributed by atoms with E-state index in [4.69, 9.17) is 0 Å². The lowest BCUT2D eigenvalue weighted by atomic mass is 9.89. The molecule has 13 heteroatoms. The SMILES string of the molecule is Cc1cc(F)ccc1[C@H]1CC([N+](=O)[O-])CCN1C(=O)N(C)[C@H](C)c1cc(C(F)(F)F)cc(C(F)(F)F)c1. The van der Waals surface area contributed by atoms with Crippen molar-refractivity contribution in [1.82, 2.24) is 9.80 Å². The molecule has 2 aromatic rings. The number of likely N-dealkylation sites (tertiary alicyclic amines) is 1. The van der Waals surface area contributed by atoms with Gasteiger partial charge in [-0.05, 0) is 60.9 Å². The third-order valence-corrected chi connectivity index (χ3v) is 6.68. The Bertz CT molecular complexity index is 1150. The molecule has 1 fully saturated rings. The zero-order valence-corrected chi connectivity index (χ0v) is 20.0. The third kappa shape index (κ3) is 6.13. The number of carbonyl (C=O) groups excluding carboxylic acids is 1. The molecule has 6 nitrogen and oxygen atoms in total. The second kappa shape index (κ2) is 10.2. The van der Waals surface area contributed by atoms with Crippen LogP contribution in [-0.2, 0) is 12.4 Å². The highest BCUT2D eigenvalue weighted by molar-refractivity contribution is 5.75. The van der Waals surface area contributed by atoms with E-state index >= 15 is 0 Å². The molecular formula is C24H24F7N3O3. The lowest BCUT2D eigenvalue weighted by Gasteiger charge is -2.41. The average molecular weight is 535 g/mol. The number of aryl methyl sites for hydroxylation is 1. The van der Waals surface area contributed by atoms with Gasteiger partial charge in [0.15, 0.2) is 0 Å². The van der Waals surface area contributed by atoms with Crippen LogP contribution in [0.1, 0.15) is 59.7 Å². The van der Waals surface area contributed by atoms with Crippen molar-refractivity contribution in [2.75, 3.05) is 13.6 Å². The number of nitrogens with zero attached hydrogens (tertiary/aromatic N) is 3. The van der Waals surface area contributed by atoms with Crippen molar-refractivity contribution < 1.29 is 40.5 Å². The van der Waals surface area contributed by atoms with Crippen molar-refractivity contribution in [3.63, 3.8) is 0 Å². The Morgan fingerprint density at radius 3 is 2.14 bits per heavy atom. The summed E-state index contributed by atoms with van der Waals surface area (Å²) in [4.78, 5) is 26.7. The van der Waals surface area contributed by atoms with Crippen LogP contribution in [0.2, 0.25) is 0 Å². The quantitative estimate of drug-likeness (QED) is 0.247. The number of piperidine rings is 1. The largest absolute Gasteiger partial charge is 0.416 e. The van der Waals surface area contributed by atoms with Crippen LogP contribution in [0, 0.1) is 22.9 Å². The van der Waals surface area contributed by atoms with Crippen molar-refractivity contribution in [3.8, 4) is 0 Å². The molecule has 3 atom stereocenters. The van der Waals surface area contributed by atoms with Crippen LogP contribution in [0.15, 0.2) is 36.4 Å². The van der Waals surface area contributed by atoms with Gasteiger partial charge in [0.1, 0.15) is 5.82 Å². The maximum Gasteiger partial charge on any atom is 0.416 e. The van der Waals surface area contributed by atoms with E-state index in [9.17, 15) is 45.6 Å². The number of benzene rings is 2. The van der Waals surface area contributed by atoms with Gasteiger partial charge >= 0.3 is 18.4 Å². The zero-order valence-electron chi connectivity index (χ0n) is 20.0. The minimum absolute atomic E-state index is 0.000512. The molecule has 0 aliphatic carbocycles. The van der Waals surface area contributed by atoms with Gasteiger partial charge in [-0.1, -0.05) is 6.07 Å². The summed E-state index contributed by atoms with van der Waals surface area (Å²) in [5, 5.41) is 11.4. The van der Waals surface area contributed by atoms with Crippen LogP contribution in [-0.4, -0.2) is 40.4 Å². The summed E-state index contributed by atoms with van der Waals surface area (Å²) in [5.41, 5.74) is -2.49. The molecule has 0 bridgehead atoms. The molecule has 1 heterocycles. The molecule has 0 radical (unpaired) electrons. The molecular weight excluding hydrogens is 511 g/mol. The molecule has 2 aromatic carbocycles. The van der Waals surface area contributed by atoms with Crippen molar-refractivity contribution in [2.45, 2.75) is 57.2 Å². The summed E-state index contributed by atoms with van der Waals surface area (Å²) in [6, 6.07) is 1.10. The summed E-state index contributed by atoms with van der Waals surface area (Å²) in [6.45, 7) is 2.78. The standard InChI is InChI=1S/C24H24F7N3O3/c1-13-8-18(25)4-5-20(13)21-12-19(34(36)37)6-7-33(21)22(35)32(3)14(2)15-9-16(23(26,27)28)11-17(10-15)24(29,30)31/h4-5,8-11,14,19,21H,6-7,12H2,1-3H3/t14-,19?,21-/m1/s1. The van der Waals surface area contributed by atoms with Gasteiger partial charge in [0.25, 0.3) is 0 Å². The maximum atomic E-state index is 13.7. The Hall–Kier alpha value is -3.38. The lowest BCUT2D eigenvalue weighted by molar-refractivity contribution is -0.528. The van der Waals surface area contributed by atoms with Gasteiger partial charge in [-0.3, -0.25) is 10.1 Å². The molecule has 2 amide bonds. The number of amides is 2. The van der Waals surface area contributed by atoms with Gasteiger partial charge in [0.05, 0.1) is 23.2 Å². The van der Waals surface area contributed by atoms with Crippen LogP contribution in [0.5, 0.6) is 0 Å². The summed E-state index contributed by atoms with van der Waals surface area (Å²) in [5.74, 6) is -0.545. The van der Waals surface area contributed by atoms with E-state index in [1.165, 1.54) is 31.0 Å². The number of hydrogen-bond acceptors (Lipinski definition) is 3. The number of carbonyl (C=O) groups is 1. The van der Waals surface area contributed by atoms with Crippen LogP contribution in [0.4, 0.5) is 35.5 Å². The van der Waals surface area contributed by atoms with Crippen molar-refractivity contribution >= 4 is 6.03 Å². The van der Waals surface area contributed by atoms with E-state index in [2.05, 4.69) is 0 Å². The topological polar surface area (TPSA) is 66.7 Å². The average Bonchev–Trinajstić information content (AvgIpc) is 2.81.